The van der Waals surface area contributed by atoms with Gasteiger partial charge in [-0.15, -0.1) is 0 Å². The van der Waals surface area contributed by atoms with E-state index in [9.17, 15) is 18.4 Å². The van der Waals surface area contributed by atoms with E-state index >= 15 is 0 Å². The normalized spacial score (nSPS) is 18.2. The minimum atomic E-state index is -3.78. The molecule has 134 valence electrons. The zero-order valence-corrected chi connectivity index (χ0v) is 14.3. The molecule has 5 nitrogen and oxygen atoms in total. The zero-order valence-electron chi connectivity index (χ0n) is 14.3. The van der Waals surface area contributed by atoms with Crippen LogP contribution in [0.3, 0.4) is 0 Å². The van der Waals surface area contributed by atoms with Crippen LogP contribution in [0, 0.1) is 5.92 Å². The van der Waals surface area contributed by atoms with Gasteiger partial charge < -0.3 is 14.8 Å². The number of rotatable bonds is 5. The molecule has 1 fully saturated rings. The number of esters is 1. The highest BCUT2D eigenvalue weighted by Crippen LogP contribution is 2.35. The molecule has 0 heterocycles. The second-order valence-electron chi connectivity index (χ2n) is 6.87. The Kier molecular flexibility index (Phi) is 6.77. The molecule has 0 radical (unpaired) electrons. The molecular formula is C16H27F2NO4. The van der Waals surface area contributed by atoms with E-state index in [0.29, 0.717) is 12.8 Å². The van der Waals surface area contributed by atoms with Crippen molar-refractivity contribution < 1.29 is 27.8 Å². The van der Waals surface area contributed by atoms with Gasteiger partial charge in [-0.1, -0.05) is 19.3 Å². The first-order chi connectivity index (χ1) is 10.6. The molecule has 1 unspecified atom stereocenters. The van der Waals surface area contributed by atoms with Crippen LogP contribution in [-0.4, -0.2) is 36.2 Å². The van der Waals surface area contributed by atoms with Crippen molar-refractivity contribution in [1.82, 2.24) is 5.32 Å². The highest BCUT2D eigenvalue weighted by atomic mass is 19.3. The molecule has 1 atom stereocenters. The lowest BCUT2D eigenvalue weighted by Crippen LogP contribution is -2.57. The van der Waals surface area contributed by atoms with Gasteiger partial charge in [-0.25, -0.2) is 9.59 Å². The summed E-state index contributed by atoms with van der Waals surface area (Å²) in [7, 11) is 0. The maximum atomic E-state index is 14.5. The van der Waals surface area contributed by atoms with Gasteiger partial charge in [0.1, 0.15) is 11.6 Å². The predicted octanol–water partition coefficient (Wildman–Crippen LogP) is 3.66. The molecule has 0 aromatic carbocycles. The summed E-state index contributed by atoms with van der Waals surface area (Å²) in [5.74, 6) is -5.86. The van der Waals surface area contributed by atoms with Crippen molar-refractivity contribution in [2.45, 2.75) is 77.4 Å². The van der Waals surface area contributed by atoms with Crippen LogP contribution in [0.25, 0.3) is 0 Å². The molecule has 0 aromatic heterocycles. The molecule has 1 rings (SSSR count). The van der Waals surface area contributed by atoms with Crippen molar-refractivity contribution in [2.75, 3.05) is 6.61 Å². The molecule has 1 amide bonds. The van der Waals surface area contributed by atoms with Crippen LogP contribution in [0.4, 0.5) is 13.6 Å². The van der Waals surface area contributed by atoms with Crippen LogP contribution in [-0.2, 0) is 14.3 Å². The third kappa shape index (κ3) is 5.95. The summed E-state index contributed by atoms with van der Waals surface area (Å²) in [6.07, 6.45) is 2.70. The van der Waals surface area contributed by atoms with Crippen molar-refractivity contribution >= 4 is 12.1 Å². The number of alkyl halides is 2. The lowest BCUT2D eigenvalue weighted by molar-refractivity contribution is -0.178. The number of halogens is 2. The summed E-state index contributed by atoms with van der Waals surface area (Å²) in [5.41, 5.74) is -0.805. The lowest BCUT2D eigenvalue weighted by Gasteiger charge is -2.35. The maximum absolute atomic E-state index is 14.5. The van der Waals surface area contributed by atoms with Gasteiger partial charge in [-0.05, 0) is 46.5 Å². The summed E-state index contributed by atoms with van der Waals surface area (Å²) in [6, 6.07) is -1.61. The zero-order chi connectivity index (χ0) is 17.7. The van der Waals surface area contributed by atoms with Crippen LogP contribution in [0.15, 0.2) is 0 Å². The first-order valence-corrected chi connectivity index (χ1v) is 8.12. The Bertz CT molecular complexity index is 415. The third-order valence-corrected chi connectivity index (χ3v) is 3.73. The molecule has 7 heteroatoms. The van der Waals surface area contributed by atoms with E-state index in [-0.39, 0.29) is 6.61 Å². The van der Waals surface area contributed by atoms with Gasteiger partial charge in [0.2, 0.25) is 0 Å². The van der Waals surface area contributed by atoms with Gasteiger partial charge in [0.05, 0.1) is 6.61 Å². The van der Waals surface area contributed by atoms with Crippen molar-refractivity contribution in [2.24, 2.45) is 5.92 Å². The standard InChI is InChI=1S/C16H27F2NO4/c1-5-22-13(20)16(17,18)12(11-9-7-6-8-10-11)19-14(21)23-15(2,3)4/h11-12H,5-10H2,1-4H3,(H,19,21). The molecule has 0 aromatic rings. The van der Waals surface area contributed by atoms with E-state index in [0.717, 1.165) is 19.3 Å². The largest absolute Gasteiger partial charge is 0.461 e. The summed E-state index contributed by atoms with van der Waals surface area (Å²) in [5, 5.41) is 2.21. The van der Waals surface area contributed by atoms with Crippen LogP contribution in [0.1, 0.15) is 59.8 Å². The van der Waals surface area contributed by atoms with Gasteiger partial charge in [-0.2, -0.15) is 8.78 Å². The van der Waals surface area contributed by atoms with Gasteiger partial charge in [0.25, 0.3) is 0 Å². The molecule has 0 aliphatic heterocycles. The quantitative estimate of drug-likeness (QED) is 0.779. The number of hydrogen-bond acceptors (Lipinski definition) is 4. The number of ether oxygens (including phenoxy) is 2. The molecule has 1 N–H and O–H groups in total. The average Bonchev–Trinajstić information content (AvgIpc) is 2.44. The van der Waals surface area contributed by atoms with E-state index in [2.05, 4.69) is 10.1 Å². The molecular weight excluding hydrogens is 308 g/mol. The summed E-state index contributed by atoms with van der Waals surface area (Å²) < 4.78 is 38.5. The molecule has 1 saturated carbocycles. The molecule has 0 spiro atoms. The van der Waals surface area contributed by atoms with Crippen LogP contribution >= 0.6 is 0 Å². The Morgan fingerprint density at radius 1 is 1.17 bits per heavy atom. The number of hydrogen-bond donors (Lipinski definition) is 1. The third-order valence-electron chi connectivity index (χ3n) is 3.73. The fourth-order valence-corrected chi connectivity index (χ4v) is 2.76. The van der Waals surface area contributed by atoms with Crippen molar-refractivity contribution in [3.05, 3.63) is 0 Å². The average molecular weight is 335 g/mol. The number of carbonyl (C=O) groups is 2. The van der Waals surface area contributed by atoms with E-state index in [1.165, 1.54) is 6.92 Å². The molecule has 0 saturated heterocycles. The Morgan fingerprint density at radius 3 is 2.22 bits per heavy atom. The van der Waals surface area contributed by atoms with Crippen molar-refractivity contribution in [3.8, 4) is 0 Å². The smallest absolute Gasteiger partial charge is 0.408 e. The monoisotopic (exact) mass is 335 g/mol. The SMILES string of the molecule is CCOC(=O)C(F)(F)C(NC(=O)OC(C)(C)C)C1CCCCC1. The van der Waals surface area contributed by atoms with Gasteiger partial charge >= 0.3 is 18.0 Å². The highest BCUT2D eigenvalue weighted by Gasteiger charge is 2.53. The number of amides is 1. The number of nitrogens with one attached hydrogen (secondary N) is 1. The van der Waals surface area contributed by atoms with Gasteiger partial charge in [-0.3, -0.25) is 0 Å². The molecule has 0 bridgehead atoms. The Morgan fingerprint density at radius 2 is 1.74 bits per heavy atom. The summed E-state index contributed by atoms with van der Waals surface area (Å²) >= 11 is 0. The van der Waals surface area contributed by atoms with E-state index in [1.54, 1.807) is 20.8 Å². The fourth-order valence-electron chi connectivity index (χ4n) is 2.76. The molecule has 1 aliphatic rings. The number of carbonyl (C=O) groups excluding carboxylic acids is 2. The highest BCUT2D eigenvalue weighted by molar-refractivity contribution is 5.80. The van der Waals surface area contributed by atoms with Crippen molar-refractivity contribution in [1.29, 1.82) is 0 Å². The van der Waals surface area contributed by atoms with E-state index in [4.69, 9.17) is 4.74 Å². The summed E-state index contributed by atoms with van der Waals surface area (Å²) in [6.45, 7) is 6.26. The van der Waals surface area contributed by atoms with Crippen LogP contribution < -0.4 is 5.32 Å². The second-order valence-corrected chi connectivity index (χ2v) is 6.87. The summed E-state index contributed by atoms with van der Waals surface area (Å²) in [4.78, 5) is 23.6. The van der Waals surface area contributed by atoms with E-state index in [1.807, 2.05) is 0 Å². The van der Waals surface area contributed by atoms with Gasteiger partial charge in [0, 0.05) is 0 Å². The fraction of sp³-hybridized carbons (Fsp3) is 0.875. The number of alkyl carbamates (subject to hydrolysis) is 1. The Labute approximate surface area is 136 Å². The maximum Gasteiger partial charge on any atom is 0.408 e. The molecule has 23 heavy (non-hydrogen) atoms. The van der Waals surface area contributed by atoms with Crippen LogP contribution in [0.2, 0.25) is 0 Å². The first-order valence-electron chi connectivity index (χ1n) is 8.12. The first kappa shape index (κ1) is 19.6. The Balaban J connectivity index is 2.92. The van der Waals surface area contributed by atoms with Gasteiger partial charge in [0.15, 0.2) is 0 Å². The second kappa shape index (κ2) is 7.93. The lowest BCUT2D eigenvalue weighted by atomic mass is 9.81. The van der Waals surface area contributed by atoms with Crippen LogP contribution in [0.5, 0.6) is 0 Å². The minimum Gasteiger partial charge on any atom is -0.461 e. The minimum absolute atomic E-state index is 0.141. The molecule has 1 aliphatic carbocycles. The van der Waals surface area contributed by atoms with Crippen molar-refractivity contribution in [3.63, 3.8) is 0 Å². The predicted molar refractivity (Wildman–Crippen MR) is 81.3 cm³/mol. The Hall–Kier alpha value is -1.40. The topological polar surface area (TPSA) is 64.6 Å². The van der Waals surface area contributed by atoms with E-state index < -0.39 is 35.5 Å².